The molecule has 0 fully saturated rings. The number of benzene rings is 2. The third kappa shape index (κ3) is 1.86. The Morgan fingerprint density at radius 2 is 1.71 bits per heavy atom. The van der Waals surface area contributed by atoms with Gasteiger partial charge in [-0.2, -0.15) is 0 Å². The van der Waals surface area contributed by atoms with Gasteiger partial charge in [0.05, 0.1) is 5.69 Å². The van der Waals surface area contributed by atoms with Crippen molar-refractivity contribution < 1.29 is 4.39 Å². The van der Waals surface area contributed by atoms with Gasteiger partial charge in [-0.3, -0.25) is 4.99 Å². The van der Waals surface area contributed by atoms with E-state index in [1.807, 2.05) is 36.4 Å². The van der Waals surface area contributed by atoms with Crippen LogP contribution in [0.2, 0.25) is 0 Å². The molecule has 0 N–H and O–H groups in total. The van der Waals surface area contributed by atoms with Crippen LogP contribution < -0.4 is 0 Å². The van der Waals surface area contributed by atoms with Crippen molar-refractivity contribution >= 4 is 11.4 Å². The van der Waals surface area contributed by atoms with E-state index in [2.05, 4.69) is 4.99 Å². The van der Waals surface area contributed by atoms with Crippen molar-refractivity contribution in [3.05, 3.63) is 65.5 Å². The van der Waals surface area contributed by atoms with Gasteiger partial charge in [-0.15, -0.1) is 0 Å². The first kappa shape index (κ1) is 10.2. The van der Waals surface area contributed by atoms with Gasteiger partial charge in [-0.1, -0.05) is 36.4 Å². The number of fused-ring (bicyclic) bond motifs is 1. The smallest absolute Gasteiger partial charge is 0.128 e. The molecule has 17 heavy (non-hydrogen) atoms. The van der Waals surface area contributed by atoms with E-state index in [1.165, 1.54) is 6.07 Å². The summed E-state index contributed by atoms with van der Waals surface area (Å²) in [5.74, 6) is -0.140. The van der Waals surface area contributed by atoms with E-state index >= 15 is 0 Å². The lowest BCUT2D eigenvalue weighted by Crippen LogP contribution is -2.08. The molecule has 2 aromatic rings. The number of aliphatic imine (C=N–C) groups is 1. The lowest BCUT2D eigenvalue weighted by atomic mass is 9.97. The molecule has 0 radical (unpaired) electrons. The maximum absolute atomic E-state index is 13.5. The van der Waals surface area contributed by atoms with Gasteiger partial charge in [0.25, 0.3) is 0 Å². The zero-order chi connectivity index (χ0) is 11.7. The van der Waals surface area contributed by atoms with Crippen molar-refractivity contribution in [1.29, 1.82) is 0 Å². The summed E-state index contributed by atoms with van der Waals surface area (Å²) in [6.07, 6.45) is 1.54. The average Bonchev–Trinajstić information content (AvgIpc) is 2.40. The second-order valence-electron chi connectivity index (χ2n) is 4.16. The summed E-state index contributed by atoms with van der Waals surface area (Å²) >= 11 is 0. The topological polar surface area (TPSA) is 12.4 Å². The summed E-state index contributed by atoms with van der Waals surface area (Å²) in [4.78, 5) is 4.55. The Morgan fingerprint density at radius 3 is 2.53 bits per heavy atom. The Kier molecular flexibility index (Phi) is 2.48. The quantitative estimate of drug-likeness (QED) is 0.698. The van der Waals surface area contributed by atoms with E-state index in [1.54, 1.807) is 6.07 Å². The molecule has 2 aromatic carbocycles. The fourth-order valence-corrected chi connectivity index (χ4v) is 2.18. The molecule has 0 amide bonds. The SMILES string of the molecule is Fc1cccc2c1CCC(c1ccccc1)=N2. The Labute approximate surface area is 99.6 Å². The largest absolute Gasteiger partial charge is 0.252 e. The van der Waals surface area contributed by atoms with Gasteiger partial charge in [0.15, 0.2) is 0 Å². The van der Waals surface area contributed by atoms with Crippen LogP contribution in [0.25, 0.3) is 0 Å². The van der Waals surface area contributed by atoms with Crippen LogP contribution in [0.1, 0.15) is 17.5 Å². The van der Waals surface area contributed by atoms with E-state index in [4.69, 9.17) is 0 Å². The third-order valence-electron chi connectivity index (χ3n) is 3.07. The van der Waals surface area contributed by atoms with Crippen molar-refractivity contribution in [2.24, 2.45) is 4.99 Å². The molecule has 2 heteroatoms. The van der Waals surface area contributed by atoms with Crippen molar-refractivity contribution in [2.45, 2.75) is 12.8 Å². The first-order valence-electron chi connectivity index (χ1n) is 5.75. The molecule has 1 aliphatic heterocycles. The number of hydrogen-bond donors (Lipinski definition) is 0. The molecule has 0 saturated carbocycles. The van der Waals surface area contributed by atoms with Crippen molar-refractivity contribution in [3.8, 4) is 0 Å². The standard InChI is InChI=1S/C15H12FN/c16-13-7-4-8-15-12(13)9-10-14(17-15)11-5-2-1-3-6-11/h1-8H,9-10H2. The van der Waals surface area contributed by atoms with Crippen molar-refractivity contribution in [3.63, 3.8) is 0 Å². The van der Waals surface area contributed by atoms with Crippen LogP contribution in [0.15, 0.2) is 53.5 Å². The molecule has 0 spiro atoms. The highest BCUT2D eigenvalue weighted by molar-refractivity contribution is 6.03. The number of hydrogen-bond acceptors (Lipinski definition) is 1. The van der Waals surface area contributed by atoms with Crippen LogP contribution in [0, 0.1) is 5.82 Å². The molecule has 0 aromatic heterocycles. The molecule has 84 valence electrons. The van der Waals surface area contributed by atoms with Gasteiger partial charge in [0.1, 0.15) is 5.82 Å². The lowest BCUT2D eigenvalue weighted by Gasteiger charge is -2.16. The van der Waals surface area contributed by atoms with Gasteiger partial charge >= 0.3 is 0 Å². The van der Waals surface area contributed by atoms with Gasteiger partial charge in [0.2, 0.25) is 0 Å². The summed E-state index contributed by atoms with van der Waals surface area (Å²) in [6.45, 7) is 0. The van der Waals surface area contributed by atoms with Crippen LogP contribution in [-0.2, 0) is 6.42 Å². The molecular weight excluding hydrogens is 213 g/mol. The van der Waals surface area contributed by atoms with Crippen molar-refractivity contribution in [2.75, 3.05) is 0 Å². The highest BCUT2D eigenvalue weighted by Gasteiger charge is 2.15. The average molecular weight is 225 g/mol. The fraction of sp³-hybridized carbons (Fsp3) is 0.133. The zero-order valence-corrected chi connectivity index (χ0v) is 9.36. The van der Waals surface area contributed by atoms with Crippen LogP contribution in [-0.4, -0.2) is 5.71 Å². The van der Waals surface area contributed by atoms with Gasteiger partial charge in [0, 0.05) is 11.3 Å². The van der Waals surface area contributed by atoms with E-state index in [9.17, 15) is 4.39 Å². The molecule has 0 aliphatic carbocycles. The second kappa shape index (κ2) is 4.13. The molecule has 3 rings (SSSR count). The van der Waals surface area contributed by atoms with Crippen LogP contribution in [0.5, 0.6) is 0 Å². The van der Waals surface area contributed by atoms with Crippen molar-refractivity contribution in [1.82, 2.24) is 0 Å². The van der Waals surface area contributed by atoms with Gasteiger partial charge in [-0.25, -0.2) is 4.39 Å². The van der Waals surface area contributed by atoms with Crippen LogP contribution >= 0.6 is 0 Å². The molecule has 0 saturated heterocycles. The normalized spacial score (nSPS) is 14.1. The molecule has 1 heterocycles. The number of nitrogens with zero attached hydrogens (tertiary/aromatic N) is 1. The minimum Gasteiger partial charge on any atom is -0.252 e. The fourth-order valence-electron chi connectivity index (χ4n) is 2.18. The predicted octanol–water partition coefficient (Wildman–Crippen LogP) is 3.89. The minimum absolute atomic E-state index is 0.140. The summed E-state index contributed by atoms with van der Waals surface area (Å²) < 4.78 is 13.5. The van der Waals surface area contributed by atoms with E-state index in [0.717, 1.165) is 35.4 Å². The first-order valence-corrected chi connectivity index (χ1v) is 5.75. The monoisotopic (exact) mass is 225 g/mol. The maximum Gasteiger partial charge on any atom is 0.128 e. The maximum atomic E-state index is 13.5. The van der Waals surface area contributed by atoms with Crippen LogP contribution in [0.4, 0.5) is 10.1 Å². The summed E-state index contributed by atoms with van der Waals surface area (Å²) in [5.41, 5.74) is 3.69. The zero-order valence-electron chi connectivity index (χ0n) is 9.36. The molecule has 1 nitrogen and oxygen atoms in total. The number of halogens is 1. The summed E-state index contributed by atoms with van der Waals surface area (Å²) in [5, 5.41) is 0. The van der Waals surface area contributed by atoms with Gasteiger partial charge in [-0.05, 0) is 30.5 Å². The Hall–Kier alpha value is -1.96. The van der Waals surface area contributed by atoms with Gasteiger partial charge < -0.3 is 0 Å². The first-order chi connectivity index (χ1) is 8.34. The number of rotatable bonds is 1. The Balaban J connectivity index is 2.07. The summed E-state index contributed by atoms with van der Waals surface area (Å²) in [6, 6.07) is 15.2. The second-order valence-corrected chi connectivity index (χ2v) is 4.16. The molecular formula is C15H12FN. The van der Waals surface area contributed by atoms with Crippen LogP contribution in [0.3, 0.4) is 0 Å². The summed E-state index contributed by atoms with van der Waals surface area (Å²) in [7, 11) is 0. The van der Waals surface area contributed by atoms with E-state index < -0.39 is 0 Å². The molecule has 1 aliphatic rings. The minimum atomic E-state index is -0.140. The molecule has 0 atom stereocenters. The lowest BCUT2D eigenvalue weighted by molar-refractivity contribution is 0.609. The Morgan fingerprint density at radius 1 is 0.882 bits per heavy atom. The Bertz CT molecular complexity index is 573. The predicted molar refractivity (Wildman–Crippen MR) is 67.4 cm³/mol. The van der Waals surface area contributed by atoms with E-state index in [-0.39, 0.29) is 5.82 Å². The highest BCUT2D eigenvalue weighted by Crippen LogP contribution is 2.29. The van der Waals surface area contributed by atoms with E-state index in [0.29, 0.717) is 0 Å². The molecule has 0 bridgehead atoms. The third-order valence-corrected chi connectivity index (χ3v) is 3.07. The molecule has 0 unspecified atom stereocenters. The highest BCUT2D eigenvalue weighted by atomic mass is 19.1.